The molecule has 0 heterocycles. The summed E-state index contributed by atoms with van der Waals surface area (Å²) in [6.07, 6.45) is 0. The second-order valence-electron chi connectivity index (χ2n) is 2.48. The van der Waals surface area contributed by atoms with Crippen LogP contribution in [0.15, 0.2) is 17.0 Å². The number of phenolic OH excluding ortho intramolecular Hbond substituents is 1. The number of thiocyanates is 1. The number of ether oxygens (including phenoxy) is 1. The highest BCUT2D eigenvalue weighted by Gasteiger charge is 2.07. The van der Waals surface area contributed by atoms with Gasteiger partial charge in [0, 0.05) is 4.90 Å². The number of nitrogens with zero attached hydrogens (tertiary/aromatic N) is 1. The maximum absolute atomic E-state index is 9.47. The topological polar surface area (TPSA) is 53.2 Å². The van der Waals surface area contributed by atoms with E-state index in [4.69, 9.17) is 10.00 Å². The summed E-state index contributed by atoms with van der Waals surface area (Å²) in [5, 5.41) is 19.9. The number of aromatic hydroxyl groups is 1. The van der Waals surface area contributed by atoms with Crippen LogP contribution in [0.2, 0.25) is 0 Å². The molecule has 0 saturated heterocycles. The van der Waals surface area contributed by atoms with Crippen LogP contribution in [0.5, 0.6) is 11.5 Å². The zero-order chi connectivity index (χ0) is 9.84. The smallest absolute Gasteiger partial charge is 0.161 e. The summed E-state index contributed by atoms with van der Waals surface area (Å²) in [5.74, 6) is 0.530. The highest BCUT2D eigenvalue weighted by atomic mass is 32.2. The monoisotopic (exact) mass is 195 g/mol. The Bertz CT molecular complexity index is 357. The molecule has 0 aliphatic rings. The van der Waals surface area contributed by atoms with Gasteiger partial charge < -0.3 is 9.84 Å². The maximum Gasteiger partial charge on any atom is 0.161 e. The summed E-state index contributed by atoms with van der Waals surface area (Å²) in [7, 11) is 1.48. The van der Waals surface area contributed by atoms with Crippen molar-refractivity contribution in [3.63, 3.8) is 0 Å². The minimum absolute atomic E-state index is 0.129. The molecule has 4 heteroatoms. The number of benzene rings is 1. The second kappa shape index (κ2) is 4.06. The second-order valence-corrected chi connectivity index (χ2v) is 3.34. The van der Waals surface area contributed by atoms with Crippen molar-refractivity contribution in [1.29, 1.82) is 5.26 Å². The van der Waals surface area contributed by atoms with Crippen molar-refractivity contribution >= 4 is 11.8 Å². The first-order chi connectivity index (χ1) is 6.19. The number of hydrogen-bond donors (Lipinski definition) is 1. The Morgan fingerprint density at radius 2 is 2.23 bits per heavy atom. The molecular formula is C9H9NO2S. The van der Waals surface area contributed by atoms with Crippen molar-refractivity contribution in [3.05, 3.63) is 17.7 Å². The molecule has 0 fully saturated rings. The third-order valence-corrected chi connectivity index (χ3v) is 2.19. The minimum Gasteiger partial charge on any atom is -0.504 e. The normalized spacial score (nSPS) is 9.31. The van der Waals surface area contributed by atoms with Crippen molar-refractivity contribution in [3.8, 4) is 16.9 Å². The third-order valence-electron chi connectivity index (χ3n) is 1.62. The predicted molar refractivity (Wildman–Crippen MR) is 50.9 cm³/mol. The Morgan fingerprint density at radius 1 is 1.54 bits per heavy atom. The molecule has 0 radical (unpaired) electrons. The number of aryl methyl sites for hydroxylation is 1. The number of nitriles is 1. The number of hydrogen-bond acceptors (Lipinski definition) is 4. The number of rotatable bonds is 2. The van der Waals surface area contributed by atoms with Crippen LogP contribution < -0.4 is 4.74 Å². The van der Waals surface area contributed by atoms with E-state index in [-0.39, 0.29) is 5.75 Å². The van der Waals surface area contributed by atoms with Gasteiger partial charge in [-0.1, -0.05) is 0 Å². The summed E-state index contributed by atoms with van der Waals surface area (Å²) >= 11 is 1.04. The first-order valence-corrected chi connectivity index (χ1v) is 4.44. The molecule has 0 aliphatic carbocycles. The van der Waals surface area contributed by atoms with E-state index < -0.39 is 0 Å². The maximum atomic E-state index is 9.47. The fourth-order valence-corrected chi connectivity index (χ4v) is 1.49. The average Bonchev–Trinajstić information content (AvgIpc) is 2.11. The molecule has 0 bridgehead atoms. The molecule has 13 heavy (non-hydrogen) atoms. The molecule has 1 aromatic carbocycles. The summed E-state index contributed by atoms with van der Waals surface area (Å²) in [6, 6.07) is 3.38. The highest BCUT2D eigenvalue weighted by molar-refractivity contribution is 8.03. The van der Waals surface area contributed by atoms with Gasteiger partial charge in [-0.2, -0.15) is 5.26 Å². The lowest BCUT2D eigenvalue weighted by Crippen LogP contribution is -1.86. The zero-order valence-electron chi connectivity index (χ0n) is 7.37. The Kier molecular flexibility index (Phi) is 3.04. The van der Waals surface area contributed by atoms with Gasteiger partial charge >= 0.3 is 0 Å². The fraction of sp³-hybridized carbons (Fsp3) is 0.222. The number of phenols is 1. The largest absolute Gasteiger partial charge is 0.504 e. The van der Waals surface area contributed by atoms with E-state index in [1.807, 2.05) is 5.40 Å². The van der Waals surface area contributed by atoms with Crippen LogP contribution in [-0.4, -0.2) is 12.2 Å². The summed E-state index contributed by atoms with van der Waals surface area (Å²) in [4.78, 5) is 0.773. The van der Waals surface area contributed by atoms with Crippen LogP contribution >= 0.6 is 11.8 Å². The van der Waals surface area contributed by atoms with Crippen LogP contribution in [-0.2, 0) is 0 Å². The van der Waals surface area contributed by atoms with Crippen molar-refractivity contribution in [2.75, 3.05) is 7.11 Å². The zero-order valence-corrected chi connectivity index (χ0v) is 8.18. The van der Waals surface area contributed by atoms with Gasteiger partial charge in [0.25, 0.3) is 0 Å². The standard InChI is InChI=1S/C9H9NO2S/c1-6-3-7(13-5-10)4-8(12-2)9(6)11/h3-4,11H,1-2H3. The molecule has 0 amide bonds. The van der Waals surface area contributed by atoms with Crippen LogP contribution in [0.25, 0.3) is 0 Å². The average molecular weight is 195 g/mol. The van der Waals surface area contributed by atoms with Gasteiger partial charge in [-0.25, -0.2) is 0 Å². The van der Waals surface area contributed by atoms with E-state index in [1.165, 1.54) is 7.11 Å². The predicted octanol–water partition coefficient (Wildman–Crippen LogP) is 2.28. The molecule has 1 N–H and O–H groups in total. The molecule has 0 unspecified atom stereocenters. The molecular weight excluding hydrogens is 186 g/mol. The Morgan fingerprint density at radius 3 is 2.77 bits per heavy atom. The van der Waals surface area contributed by atoms with Gasteiger partial charge in [0.2, 0.25) is 0 Å². The lowest BCUT2D eigenvalue weighted by molar-refractivity contribution is 0.370. The van der Waals surface area contributed by atoms with Crippen molar-refractivity contribution in [2.24, 2.45) is 0 Å². The quantitative estimate of drug-likeness (QED) is 0.581. The third kappa shape index (κ3) is 2.07. The molecule has 1 rings (SSSR count). The van der Waals surface area contributed by atoms with E-state index in [0.29, 0.717) is 11.3 Å². The minimum atomic E-state index is 0.129. The summed E-state index contributed by atoms with van der Waals surface area (Å²) in [5.41, 5.74) is 0.706. The van der Waals surface area contributed by atoms with Crippen LogP contribution in [0.1, 0.15) is 5.56 Å². The molecule has 0 aliphatic heterocycles. The van der Waals surface area contributed by atoms with Crippen molar-refractivity contribution in [1.82, 2.24) is 0 Å². The molecule has 1 aromatic rings. The Labute approximate surface area is 80.9 Å². The van der Waals surface area contributed by atoms with Gasteiger partial charge in [-0.05, 0) is 36.4 Å². The lowest BCUT2D eigenvalue weighted by atomic mass is 10.2. The number of thioether (sulfide) groups is 1. The molecule has 0 saturated carbocycles. The highest BCUT2D eigenvalue weighted by Crippen LogP contribution is 2.34. The summed E-state index contributed by atoms with van der Waals surface area (Å²) < 4.78 is 4.94. The van der Waals surface area contributed by atoms with Crippen LogP contribution in [0.4, 0.5) is 0 Å². The van der Waals surface area contributed by atoms with E-state index in [9.17, 15) is 5.11 Å². The van der Waals surface area contributed by atoms with E-state index in [2.05, 4.69) is 0 Å². The first-order valence-electron chi connectivity index (χ1n) is 3.62. The van der Waals surface area contributed by atoms with Crippen molar-refractivity contribution in [2.45, 2.75) is 11.8 Å². The summed E-state index contributed by atoms with van der Waals surface area (Å²) in [6.45, 7) is 1.76. The Balaban J connectivity index is 3.16. The number of methoxy groups -OCH3 is 1. The first kappa shape index (κ1) is 9.75. The Hall–Kier alpha value is -1.34. The lowest BCUT2D eigenvalue weighted by Gasteiger charge is -2.06. The van der Waals surface area contributed by atoms with E-state index >= 15 is 0 Å². The van der Waals surface area contributed by atoms with Gasteiger partial charge in [0.15, 0.2) is 11.5 Å². The molecule has 68 valence electrons. The van der Waals surface area contributed by atoms with Gasteiger partial charge in [-0.15, -0.1) is 0 Å². The molecule has 0 aromatic heterocycles. The van der Waals surface area contributed by atoms with Gasteiger partial charge in [0.05, 0.1) is 7.11 Å². The molecule has 0 spiro atoms. The van der Waals surface area contributed by atoms with E-state index in [0.717, 1.165) is 16.7 Å². The SMILES string of the molecule is COc1cc(SC#N)cc(C)c1O. The molecule has 0 atom stereocenters. The van der Waals surface area contributed by atoms with E-state index in [1.54, 1.807) is 19.1 Å². The van der Waals surface area contributed by atoms with Gasteiger partial charge in [-0.3, -0.25) is 0 Å². The van der Waals surface area contributed by atoms with Gasteiger partial charge in [0.1, 0.15) is 5.40 Å². The molecule has 3 nitrogen and oxygen atoms in total. The van der Waals surface area contributed by atoms with Crippen molar-refractivity contribution < 1.29 is 9.84 Å². The fourth-order valence-electron chi connectivity index (χ4n) is 0.983. The van der Waals surface area contributed by atoms with Crippen LogP contribution in [0, 0.1) is 17.6 Å². The van der Waals surface area contributed by atoms with Crippen LogP contribution in [0.3, 0.4) is 0 Å².